The highest BCUT2D eigenvalue weighted by molar-refractivity contribution is 7.09. The van der Waals surface area contributed by atoms with Gasteiger partial charge in [-0.05, 0) is 18.5 Å². The maximum absolute atomic E-state index is 11.9. The molecule has 100 valence electrons. The van der Waals surface area contributed by atoms with Crippen LogP contribution in [-0.4, -0.2) is 24.0 Å². The van der Waals surface area contributed by atoms with Crippen molar-refractivity contribution in [2.45, 2.75) is 12.8 Å². The summed E-state index contributed by atoms with van der Waals surface area (Å²) in [5, 5.41) is 5.57. The lowest BCUT2D eigenvalue weighted by Crippen LogP contribution is -2.26. The van der Waals surface area contributed by atoms with Crippen molar-refractivity contribution in [3.63, 3.8) is 0 Å². The van der Waals surface area contributed by atoms with Crippen LogP contribution >= 0.6 is 11.3 Å². The van der Waals surface area contributed by atoms with Crippen LogP contribution < -0.4 is 11.1 Å². The molecule has 1 aromatic heterocycles. The number of thiazole rings is 1. The number of rotatable bonds is 6. The Labute approximate surface area is 116 Å². The van der Waals surface area contributed by atoms with Crippen molar-refractivity contribution in [1.82, 2.24) is 10.3 Å². The van der Waals surface area contributed by atoms with Gasteiger partial charge in [-0.15, -0.1) is 11.3 Å². The van der Waals surface area contributed by atoms with E-state index in [2.05, 4.69) is 10.3 Å². The average Bonchev–Trinajstić information content (AvgIpc) is 2.89. The largest absolute Gasteiger partial charge is 0.350 e. The van der Waals surface area contributed by atoms with Gasteiger partial charge in [0.25, 0.3) is 5.91 Å². The molecule has 0 aliphatic rings. The van der Waals surface area contributed by atoms with Gasteiger partial charge in [0.05, 0.1) is 5.01 Å². The number of nitrogens with zero attached hydrogens (tertiary/aromatic N) is 1. The minimum atomic E-state index is -0.115. The number of nitrogens with two attached hydrogens (primary N) is 1. The third-order valence-electron chi connectivity index (χ3n) is 2.68. The molecule has 0 unspecified atom stereocenters. The summed E-state index contributed by atoms with van der Waals surface area (Å²) >= 11 is 1.48. The van der Waals surface area contributed by atoms with E-state index >= 15 is 0 Å². The molecule has 1 heterocycles. The van der Waals surface area contributed by atoms with E-state index in [9.17, 15) is 4.79 Å². The molecule has 0 bridgehead atoms. The first-order valence-electron chi connectivity index (χ1n) is 6.26. The first kappa shape index (κ1) is 13.7. The minimum Gasteiger partial charge on any atom is -0.350 e. The van der Waals surface area contributed by atoms with Gasteiger partial charge < -0.3 is 11.1 Å². The molecule has 0 fully saturated rings. The molecule has 0 aliphatic carbocycles. The Morgan fingerprint density at radius 3 is 2.79 bits per heavy atom. The van der Waals surface area contributed by atoms with Crippen LogP contribution in [0.3, 0.4) is 0 Å². The van der Waals surface area contributed by atoms with E-state index in [-0.39, 0.29) is 5.91 Å². The summed E-state index contributed by atoms with van der Waals surface area (Å²) in [6.45, 7) is 1.18. The van der Waals surface area contributed by atoms with E-state index in [4.69, 9.17) is 5.73 Å². The lowest BCUT2D eigenvalue weighted by atomic mass is 10.1. The van der Waals surface area contributed by atoms with Gasteiger partial charge in [-0.2, -0.15) is 0 Å². The summed E-state index contributed by atoms with van der Waals surface area (Å²) in [4.78, 5) is 16.1. The maximum Gasteiger partial charge on any atom is 0.270 e. The predicted octanol–water partition coefficient (Wildman–Crippen LogP) is 1.62. The molecule has 0 spiro atoms. The van der Waals surface area contributed by atoms with E-state index in [1.807, 2.05) is 30.3 Å². The average molecular weight is 275 g/mol. The number of benzene rings is 1. The standard InChI is InChI=1S/C14H17N3OS/c15-8-6-13-17-12(10-19-13)14(18)16-9-7-11-4-2-1-3-5-11/h1-5,10H,6-9,15H2,(H,16,18). The highest BCUT2D eigenvalue weighted by Gasteiger charge is 2.09. The molecule has 0 aliphatic heterocycles. The van der Waals surface area contributed by atoms with E-state index in [1.165, 1.54) is 16.9 Å². The van der Waals surface area contributed by atoms with Crippen LogP contribution in [0.2, 0.25) is 0 Å². The second-order valence-electron chi connectivity index (χ2n) is 4.16. The molecule has 4 nitrogen and oxygen atoms in total. The van der Waals surface area contributed by atoms with E-state index < -0.39 is 0 Å². The topological polar surface area (TPSA) is 68.0 Å². The number of nitrogens with one attached hydrogen (secondary N) is 1. The number of carbonyl (C=O) groups is 1. The smallest absolute Gasteiger partial charge is 0.270 e. The van der Waals surface area contributed by atoms with Crippen LogP contribution in [0.15, 0.2) is 35.7 Å². The highest BCUT2D eigenvalue weighted by atomic mass is 32.1. The van der Waals surface area contributed by atoms with E-state index in [0.717, 1.165) is 17.8 Å². The van der Waals surface area contributed by atoms with Crippen LogP contribution in [0.25, 0.3) is 0 Å². The molecular weight excluding hydrogens is 258 g/mol. The Kier molecular flexibility index (Phi) is 5.06. The summed E-state index contributed by atoms with van der Waals surface area (Å²) in [6, 6.07) is 10.1. The molecule has 3 N–H and O–H groups in total. The zero-order valence-electron chi connectivity index (χ0n) is 10.6. The summed E-state index contributed by atoms with van der Waals surface area (Å²) < 4.78 is 0. The Morgan fingerprint density at radius 2 is 2.05 bits per heavy atom. The third-order valence-corrected chi connectivity index (χ3v) is 3.59. The van der Waals surface area contributed by atoms with Crippen molar-refractivity contribution in [1.29, 1.82) is 0 Å². The minimum absolute atomic E-state index is 0.115. The normalized spacial score (nSPS) is 10.4. The predicted molar refractivity (Wildman–Crippen MR) is 77.4 cm³/mol. The molecule has 2 aromatic rings. The van der Waals surface area contributed by atoms with Gasteiger partial charge in [-0.1, -0.05) is 30.3 Å². The fourth-order valence-electron chi connectivity index (χ4n) is 1.71. The quantitative estimate of drug-likeness (QED) is 0.841. The second-order valence-corrected chi connectivity index (χ2v) is 5.10. The van der Waals surface area contributed by atoms with Gasteiger partial charge >= 0.3 is 0 Å². The van der Waals surface area contributed by atoms with Crippen molar-refractivity contribution < 1.29 is 4.79 Å². The molecule has 0 radical (unpaired) electrons. The number of carbonyl (C=O) groups excluding carboxylic acids is 1. The van der Waals surface area contributed by atoms with Crippen molar-refractivity contribution in [2.24, 2.45) is 5.73 Å². The van der Waals surface area contributed by atoms with E-state index in [0.29, 0.717) is 18.8 Å². The zero-order valence-corrected chi connectivity index (χ0v) is 11.5. The highest BCUT2D eigenvalue weighted by Crippen LogP contribution is 2.09. The fourth-order valence-corrected chi connectivity index (χ4v) is 2.50. The maximum atomic E-state index is 11.9. The Balaban J connectivity index is 1.80. The monoisotopic (exact) mass is 275 g/mol. The summed E-state index contributed by atoms with van der Waals surface area (Å²) in [7, 11) is 0. The lowest BCUT2D eigenvalue weighted by Gasteiger charge is -2.03. The summed E-state index contributed by atoms with van der Waals surface area (Å²) in [6.07, 6.45) is 1.55. The van der Waals surface area contributed by atoms with Crippen molar-refractivity contribution in [2.75, 3.05) is 13.1 Å². The van der Waals surface area contributed by atoms with Crippen molar-refractivity contribution in [3.8, 4) is 0 Å². The van der Waals surface area contributed by atoms with Crippen molar-refractivity contribution >= 4 is 17.2 Å². The Hall–Kier alpha value is -1.72. The molecule has 2 rings (SSSR count). The zero-order chi connectivity index (χ0) is 13.5. The van der Waals surface area contributed by atoms with Crippen LogP contribution in [0, 0.1) is 0 Å². The van der Waals surface area contributed by atoms with Gasteiger partial charge in [-0.25, -0.2) is 4.98 Å². The molecular formula is C14H17N3OS. The first-order chi connectivity index (χ1) is 9.29. The molecule has 1 amide bonds. The molecule has 5 heteroatoms. The van der Waals surface area contributed by atoms with Gasteiger partial charge in [0.1, 0.15) is 5.69 Å². The molecule has 0 saturated heterocycles. The molecule has 0 saturated carbocycles. The van der Waals surface area contributed by atoms with Gasteiger partial charge in [0.2, 0.25) is 0 Å². The summed E-state index contributed by atoms with van der Waals surface area (Å²) in [5.41, 5.74) is 7.16. The van der Waals surface area contributed by atoms with Crippen molar-refractivity contribution in [3.05, 3.63) is 52.0 Å². The Morgan fingerprint density at radius 1 is 1.26 bits per heavy atom. The number of hydrogen-bond acceptors (Lipinski definition) is 4. The molecule has 19 heavy (non-hydrogen) atoms. The Bertz CT molecular complexity index is 524. The lowest BCUT2D eigenvalue weighted by molar-refractivity contribution is 0.0949. The van der Waals surface area contributed by atoms with Crippen LogP contribution in [0.1, 0.15) is 21.1 Å². The molecule has 0 atom stereocenters. The van der Waals surface area contributed by atoms with Crippen LogP contribution in [0.5, 0.6) is 0 Å². The van der Waals surface area contributed by atoms with E-state index in [1.54, 1.807) is 5.38 Å². The van der Waals surface area contributed by atoms with Gasteiger partial charge in [0, 0.05) is 18.3 Å². The van der Waals surface area contributed by atoms with Crippen LogP contribution in [-0.2, 0) is 12.8 Å². The molecule has 1 aromatic carbocycles. The number of aromatic nitrogens is 1. The first-order valence-corrected chi connectivity index (χ1v) is 7.14. The SMILES string of the molecule is NCCc1nc(C(=O)NCCc2ccccc2)cs1. The van der Waals surface area contributed by atoms with Gasteiger partial charge in [0.15, 0.2) is 0 Å². The number of amides is 1. The van der Waals surface area contributed by atoms with Gasteiger partial charge in [-0.3, -0.25) is 4.79 Å². The van der Waals surface area contributed by atoms with Crippen LogP contribution in [0.4, 0.5) is 0 Å². The fraction of sp³-hybridized carbons (Fsp3) is 0.286. The third kappa shape index (κ3) is 4.15. The number of hydrogen-bond donors (Lipinski definition) is 2. The second kappa shape index (κ2) is 7.01. The summed E-state index contributed by atoms with van der Waals surface area (Å²) in [5.74, 6) is -0.115.